The summed E-state index contributed by atoms with van der Waals surface area (Å²) in [7, 11) is 0. The number of rotatable bonds is 6. The van der Waals surface area contributed by atoms with Gasteiger partial charge in [-0.2, -0.15) is 0 Å². The summed E-state index contributed by atoms with van der Waals surface area (Å²) in [5.74, 6) is 0.785. The van der Waals surface area contributed by atoms with Crippen LogP contribution in [-0.4, -0.2) is 34.8 Å². The Bertz CT molecular complexity index is 466. The zero-order chi connectivity index (χ0) is 13.2. The lowest BCUT2D eigenvalue weighted by Crippen LogP contribution is -2.40. The van der Waals surface area contributed by atoms with Gasteiger partial charge in [-0.15, -0.1) is 11.3 Å². The SMILES string of the molecule is O=C(CN(CC1CC1)C(=O)C1CC1)Nc1nccs1. The lowest BCUT2D eigenvalue weighted by atomic mass is 10.3. The van der Waals surface area contributed by atoms with Gasteiger partial charge in [0.1, 0.15) is 0 Å². The summed E-state index contributed by atoms with van der Waals surface area (Å²) < 4.78 is 0. The molecule has 1 aromatic heterocycles. The molecular weight excluding hydrogens is 262 g/mol. The number of anilines is 1. The molecule has 2 amide bonds. The van der Waals surface area contributed by atoms with E-state index in [1.807, 2.05) is 5.38 Å². The smallest absolute Gasteiger partial charge is 0.245 e. The Labute approximate surface area is 116 Å². The van der Waals surface area contributed by atoms with Crippen LogP contribution < -0.4 is 5.32 Å². The lowest BCUT2D eigenvalue weighted by molar-refractivity contribution is -0.136. The molecule has 5 nitrogen and oxygen atoms in total. The number of carbonyl (C=O) groups excluding carboxylic acids is 2. The molecule has 2 fully saturated rings. The lowest BCUT2D eigenvalue weighted by Gasteiger charge is -2.21. The predicted molar refractivity (Wildman–Crippen MR) is 72.8 cm³/mol. The van der Waals surface area contributed by atoms with E-state index in [0.717, 1.165) is 19.4 Å². The zero-order valence-electron chi connectivity index (χ0n) is 10.7. The molecule has 0 spiro atoms. The first kappa shape index (κ1) is 12.6. The van der Waals surface area contributed by atoms with Gasteiger partial charge in [-0.05, 0) is 31.6 Å². The van der Waals surface area contributed by atoms with Crippen molar-refractivity contribution in [1.29, 1.82) is 0 Å². The van der Waals surface area contributed by atoms with Gasteiger partial charge < -0.3 is 10.2 Å². The molecule has 1 N–H and O–H groups in total. The molecule has 6 heteroatoms. The molecular formula is C13H17N3O2S. The summed E-state index contributed by atoms with van der Waals surface area (Å²) in [6.45, 7) is 0.895. The highest BCUT2D eigenvalue weighted by molar-refractivity contribution is 7.13. The van der Waals surface area contributed by atoms with Crippen molar-refractivity contribution in [3.8, 4) is 0 Å². The summed E-state index contributed by atoms with van der Waals surface area (Å²) in [5, 5.41) is 5.14. The highest BCUT2D eigenvalue weighted by atomic mass is 32.1. The number of hydrogen-bond acceptors (Lipinski definition) is 4. The third kappa shape index (κ3) is 3.53. The van der Waals surface area contributed by atoms with Crippen LogP contribution >= 0.6 is 11.3 Å². The number of amides is 2. The van der Waals surface area contributed by atoms with Crippen LogP contribution in [0.2, 0.25) is 0 Å². The van der Waals surface area contributed by atoms with Crippen LogP contribution in [0.15, 0.2) is 11.6 Å². The quantitative estimate of drug-likeness (QED) is 0.862. The van der Waals surface area contributed by atoms with Crippen LogP contribution in [-0.2, 0) is 9.59 Å². The van der Waals surface area contributed by atoms with Crippen molar-refractivity contribution in [2.24, 2.45) is 11.8 Å². The summed E-state index contributed by atoms with van der Waals surface area (Å²) in [5.41, 5.74) is 0. The Morgan fingerprint density at radius 1 is 1.37 bits per heavy atom. The molecule has 102 valence electrons. The first-order valence-electron chi connectivity index (χ1n) is 6.70. The predicted octanol–water partition coefficient (Wildman–Crippen LogP) is 1.73. The molecule has 0 saturated heterocycles. The highest BCUT2D eigenvalue weighted by Crippen LogP contribution is 2.34. The van der Waals surface area contributed by atoms with Crippen LogP contribution in [0.1, 0.15) is 25.7 Å². The molecule has 0 aromatic carbocycles. The second-order valence-electron chi connectivity index (χ2n) is 5.32. The largest absolute Gasteiger partial charge is 0.333 e. The molecule has 0 bridgehead atoms. The van der Waals surface area contributed by atoms with E-state index in [1.54, 1.807) is 11.1 Å². The summed E-state index contributed by atoms with van der Waals surface area (Å²) >= 11 is 1.39. The minimum absolute atomic E-state index is 0.149. The maximum Gasteiger partial charge on any atom is 0.245 e. The molecule has 0 radical (unpaired) electrons. The van der Waals surface area contributed by atoms with Crippen molar-refractivity contribution in [2.75, 3.05) is 18.4 Å². The second kappa shape index (κ2) is 5.28. The molecule has 2 saturated carbocycles. The maximum absolute atomic E-state index is 12.1. The van der Waals surface area contributed by atoms with Crippen LogP contribution in [0.5, 0.6) is 0 Å². The van der Waals surface area contributed by atoms with E-state index in [1.165, 1.54) is 24.2 Å². The monoisotopic (exact) mass is 279 g/mol. The number of nitrogens with zero attached hydrogens (tertiary/aromatic N) is 2. The van der Waals surface area contributed by atoms with E-state index in [-0.39, 0.29) is 24.3 Å². The van der Waals surface area contributed by atoms with Gasteiger partial charge in [-0.1, -0.05) is 0 Å². The highest BCUT2D eigenvalue weighted by Gasteiger charge is 2.36. The maximum atomic E-state index is 12.1. The van der Waals surface area contributed by atoms with E-state index in [9.17, 15) is 9.59 Å². The van der Waals surface area contributed by atoms with E-state index in [0.29, 0.717) is 11.0 Å². The topological polar surface area (TPSA) is 62.3 Å². The molecule has 2 aliphatic carbocycles. The van der Waals surface area contributed by atoms with Crippen LogP contribution in [0.3, 0.4) is 0 Å². The van der Waals surface area contributed by atoms with Crippen molar-refractivity contribution in [3.05, 3.63) is 11.6 Å². The Balaban J connectivity index is 1.56. The second-order valence-corrected chi connectivity index (χ2v) is 6.22. The minimum atomic E-state index is -0.149. The molecule has 0 unspecified atom stereocenters. The Hall–Kier alpha value is -1.43. The van der Waals surface area contributed by atoms with Crippen molar-refractivity contribution >= 4 is 28.3 Å². The number of thiazole rings is 1. The molecule has 1 aromatic rings. The summed E-state index contributed by atoms with van der Waals surface area (Å²) in [6, 6.07) is 0. The van der Waals surface area contributed by atoms with Crippen LogP contribution in [0, 0.1) is 11.8 Å². The van der Waals surface area contributed by atoms with Gasteiger partial charge >= 0.3 is 0 Å². The molecule has 0 aliphatic heterocycles. The van der Waals surface area contributed by atoms with E-state index < -0.39 is 0 Å². The first-order chi connectivity index (χ1) is 9.22. The Morgan fingerprint density at radius 3 is 2.74 bits per heavy atom. The average Bonchev–Trinajstić information content (AvgIpc) is 3.29. The average molecular weight is 279 g/mol. The van der Waals surface area contributed by atoms with E-state index in [4.69, 9.17) is 0 Å². The molecule has 3 rings (SSSR count). The summed E-state index contributed by atoms with van der Waals surface area (Å²) in [6.07, 6.45) is 5.98. The normalized spacial score (nSPS) is 18.1. The fourth-order valence-corrected chi connectivity index (χ4v) is 2.60. The van der Waals surface area contributed by atoms with Crippen molar-refractivity contribution < 1.29 is 9.59 Å². The number of nitrogens with one attached hydrogen (secondary N) is 1. The van der Waals surface area contributed by atoms with Gasteiger partial charge in [-0.25, -0.2) is 4.98 Å². The molecule has 19 heavy (non-hydrogen) atoms. The zero-order valence-corrected chi connectivity index (χ0v) is 11.5. The fourth-order valence-electron chi connectivity index (χ4n) is 2.05. The summed E-state index contributed by atoms with van der Waals surface area (Å²) in [4.78, 5) is 29.8. The van der Waals surface area contributed by atoms with E-state index >= 15 is 0 Å². The van der Waals surface area contributed by atoms with Crippen LogP contribution in [0.4, 0.5) is 5.13 Å². The first-order valence-corrected chi connectivity index (χ1v) is 7.58. The molecule has 2 aliphatic rings. The minimum Gasteiger partial charge on any atom is -0.333 e. The fraction of sp³-hybridized carbons (Fsp3) is 0.615. The van der Waals surface area contributed by atoms with Gasteiger partial charge in [-0.3, -0.25) is 9.59 Å². The number of aromatic nitrogens is 1. The Kier molecular flexibility index (Phi) is 3.50. The molecule has 1 heterocycles. The van der Waals surface area contributed by atoms with E-state index in [2.05, 4.69) is 10.3 Å². The standard InChI is InChI=1S/C13H17N3O2S/c17-11(15-13-14-5-6-19-13)8-16(7-9-1-2-9)12(18)10-3-4-10/h5-6,9-10H,1-4,7-8H2,(H,14,15,17). The van der Waals surface area contributed by atoms with Crippen molar-refractivity contribution in [2.45, 2.75) is 25.7 Å². The van der Waals surface area contributed by atoms with Gasteiger partial charge in [0.05, 0.1) is 6.54 Å². The van der Waals surface area contributed by atoms with Gasteiger partial charge in [0, 0.05) is 24.0 Å². The number of carbonyl (C=O) groups is 2. The van der Waals surface area contributed by atoms with Crippen molar-refractivity contribution in [3.63, 3.8) is 0 Å². The van der Waals surface area contributed by atoms with Crippen molar-refractivity contribution in [1.82, 2.24) is 9.88 Å². The van der Waals surface area contributed by atoms with Gasteiger partial charge in [0.15, 0.2) is 5.13 Å². The molecule has 0 atom stereocenters. The Morgan fingerprint density at radius 2 is 2.16 bits per heavy atom. The third-order valence-electron chi connectivity index (χ3n) is 3.43. The van der Waals surface area contributed by atoms with Gasteiger partial charge in [0.25, 0.3) is 0 Å². The third-order valence-corrected chi connectivity index (χ3v) is 4.12. The van der Waals surface area contributed by atoms with Crippen LogP contribution in [0.25, 0.3) is 0 Å². The van der Waals surface area contributed by atoms with Gasteiger partial charge in [0.2, 0.25) is 11.8 Å². The number of hydrogen-bond donors (Lipinski definition) is 1.